The predicted octanol–water partition coefficient (Wildman–Crippen LogP) is 2.89. The first kappa shape index (κ1) is 20.9. The van der Waals surface area contributed by atoms with Gasteiger partial charge in [0.25, 0.3) is 0 Å². The fourth-order valence-electron chi connectivity index (χ4n) is 4.10. The minimum absolute atomic E-state index is 0.107. The number of amides is 1. The van der Waals surface area contributed by atoms with Crippen LogP contribution in [-0.2, 0) is 19.1 Å². The Morgan fingerprint density at radius 2 is 1.90 bits per heavy atom. The minimum Gasteiger partial charge on any atom is -0.508 e. The highest BCUT2D eigenvalue weighted by Crippen LogP contribution is 2.41. The van der Waals surface area contributed by atoms with Crippen LogP contribution in [0.3, 0.4) is 0 Å². The molecule has 0 bridgehead atoms. The van der Waals surface area contributed by atoms with Crippen LogP contribution in [0, 0.1) is 5.92 Å². The van der Waals surface area contributed by atoms with Gasteiger partial charge >= 0.3 is 5.97 Å². The van der Waals surface area contributed by atoms with E-state index in [4.69, 9.17) is 14.5 Å². The summed E-state index contributed by atoms with van der Waals surface area (Å²) in [5.41, 5.74) is 2.26. The molecule has 1 aromatic heterocycles. The monoisotopic (exact) mass is 423 g/mol. The molecule has 8 nitrogen and oxygen atoms in total. The summed E-state index contributed by atoms with van der Waals surface area (Å²) >= 11 is 0. The summed E-state index contributed by atoms with van der Waals surface area (Å²) in [4.78, 5) is 32.9. The van der Waals surface area contributed by atoms with Crippen LogP contribution in [0.2, 0.25) is 0 Å². The number of methoxy groups -OCH3 is 1. The van der Waals surface area contributed by atoms with E-state index in [9.17, 15) is 14.7 Å². The van der Waals surface area contributed by atoms with E-state index in [0.29, 0.717) is 31.1 Å². The van der Waals surface area contributed by atoms with Gasteiger partial charge in [0.2, 0.25) is 11.9 Å². The number of aromatic hydroxyl groups is 1. The van der Waals surface area contributed by atoms with Gasteiger partial charge in [-0.1, -0.05) is 24.3 Å². The Kier molecular flexibility index (Phi) is 5.90. The Morgan fingerprint density at radius 3 is 2.61 bits per heavy atom. The van der Waals surface area contributed by atoms with Crippen LogP contribution in [0.25, 0.3) is 11.0 Å². The molecule has 0 saturated heterocycles. The molecule has 1 aliphatic rings. The molecule has 2 unspecified atom stereocenters. The molecule has 0 spiro atoms. The number of aromatic nitrogens is 2. The number of carbonyl (C=O) groups excluding carboxylic acids is 2. The van der Waals surface area contributed by atoms with Crippen molar-refractivity contribution in [2.75, 3.05) is 31.8 Å². The number of hydrogen-bond acceptors (Lipinski definition) is 6. The molecule has 2 atom stereocenters. The van der Waals surface area contributed by atoms with Gasteiger partial charge in [0.1, 0.15) is 5.75 Å². The summed E-state index contributed by atoms with van der Waals surface area (Å²) in [5.74, 6) is -1.41. The number of para-hydroxylation sites is 2. The summed E-state index contributed by atoms with van der Waals surface area (Å²) in [5, 5.41) is 9.76. The molecule has 0 radical (unpaired) electrons. The molecule has 1 amide bonds. The number of phenols is 1. The van der Waals surface area contributed by atoms with Crippen molar-refractivity contribution >= 4 is 28.9 Å². The van der Waals surface area contributed by atoms with E-state index in [1.165, 1.54) is 0 Å². The topological polar surface area (TPSA) is 93.9 Å². The van der Waals surface area contributed by atoms with Crippen LogP contribution in [0.1, 0.15) is 24.9 Å². The van der Waals surface area contributed by atoms with Crippen LogP contribution in [0.15, 0.2) is 48.5 Å². The second-order valence-electron chi connectivity index (χ2n) is 7.37. The Bertz CT molecular complexity index is 1090. The van der Waals surface area contributed by atoms with E-state index in [1.807, 2.05) is 28.8 Å². The summed E-state index contributed by atoms with van der Waals surface area (Å²) in [6.07, 6.45) is 0.602. The van der Waals surface area contributed by atoms with Crippen molar-refractivity contribution < 1.29 is 24.2 Å². The quantitative estimate of drug-likeness (QED) is 0.357. The molecule has 162 valence electrons. The number of imidazole rings is 1. The van der Waals surface area contributed by atoms with E-state index < -0.39 is 17.9 Å². The molecule has 2 aromatic carbocycles. The molecular weight excluding hydrogens is 398 g/mol. The van der Waals surface area contributed by atoms with Crippen molar-refractivity contribution in [1.82, 2.24) is 9.55 Å². The SMILES string of the molecule is CCOC(=O)C1C(=O)N(CCCOC)c2nc3ccccc3n2C1c1ccc(O)cc1. The Balaban J connectivity index is 1.93. The molecule has 1 aliphatic heterocycles. The number of hydrogen-bond donors (Lipinski definition) is 1. The van der Waals surface area contributed by atoms with Gasteiger partial charge in [0, 0.05) is 20.3 Å². The fraction of sp³-hybridized carbons (Fsp3) is 0.348. The molecule has 3 aromatic rings. The lowest BCUT2D eigenvalue weighted by atomic mass is 9.89. The number of ether oxygens (including phenoxy) is 2. The zero-order valence-electron chi connectivity index (χ0n) is 17.5. The van der Waals surface area contributed by atoms with Crippen molar-refractivity contribution in [3.63, 3.8) is 0 Å². The number of fused-ring (bicyclic) bond motifs is 3. The number of benzene rings is 2. The van der Waals surface area contributed by atoms with Crippen LogP contribution in [0.4, 0.5) is 5.95 Å². The first-order chi connectivity index (χ1) is 15.1. The minimum atomic E-state index is -1.07. The molecule has 31 heavy (non-hydrogen) atoms. The molecule has 1 N–H and O–H groups in total. The highest BCUT2D eigenvalue weighted by molar-refractivity contribution is 6.08. The Hall–Kier alpha value is -3.39. The molecule has 2 heterocycles. The highest BCUT2D eigenvalue weighted by atomic mass is 16.5. The van der Waals surface area contributed by atoms with Gasteiger partial charge in [-0.3, -0.25) is 14.5 Å². The van der Waals surface area contributed by atoms with Crippen LogP contribution in [-0.4, -0.2) is 53.4 Å². The average molecular weight is 423 g/mol. The zero-order chi connectivity index (χ0) is 22.0. The van der Waals surface area contributed by atoms with Gasteiger partial charge in [-0.2, -0.15) is 0 Å². The summed E-state index contributed by atoms with van der Waals surface area (Å²) in [7, 11) is 1.61. The third-order valence-corrected chi connectivity index (χ3v) is 5.45. The van der Waals surface area contributed by atoms with E-state index >= 15 is 0 Å². The molecule has 4 rings (SSSR count). The fourth-order valence-corrected chi connectivity index (χ4v) is 4.10. The Morgan fingerprint density at radius 1 is 1.16 bits per heavy atom. The van der Waals surface area contributed by atoms with Gasteiger partial charge in [-0.25, -0.2) is 4.98 Å². The number of rotatable bonds is 7. The smallest absolute Gasteiger partial charge is 0.321 e. The first-order valence-electron chi connectivity index (χ1n) is 10.3. The summed E-state index contributed by atoms with van der Waals surface area (Å²) in [6.45, 7) is 2.74. The van der Waals surface area contributed by atoms with Crippen molar-refractivity contribution in [3.8, 4) is 5.75 Å². The highest BCUT2D eigenvalue weighted by Gasteiger charge is 2.47. The summed E-state index contributed by atoms with van der Waals surface area (Å²) < 4.78 is 12.4. The second kappa shape index (κ2) is 8.77. The lowest BCUT2D eigenvalue weighted by molar-refractivity contribution is -0.153. The Labute approximate surface area is 180 Å². The maximum atomic E-state index is 13.6. The van der Waals surface area contributed by atoms with Crippen molar-refractivity contribution in [1.29, 1.82) is 0 Å². The van der Waals surface area contributed by atoms with E-state index in [2.05, 4.69) is 0 Å². The van der Waals surface area contributed by atoms with E-state index in [-0.39, 0.29) is 18.3 Å². The van der Waals surface area contributed by atoms with E-state index in [0.717, 1.165) is 11.0 Å². The van der Waals surface area contributed by atoms with Gasteiger partial charge in [-0.15, -0.1) is 0 Å². The molecule has 8 heteroatoms. The van der Waals surface area contributed by atoms with Crippen LogP contribution in [0.5, 0.6) is 5.75 Å². The lowest BCUT2D eigenvalue weighted by Gasteiger charge is -2.38. The number of carbonyl (C=O) groups is 2. The number of anilines is 1. The molecule has 0 aliphatic carbocycles. The zero-order valence-corrected chi connectivity index (χ0v) is 17.5. The maximum Gasteiger partial charge on any atom is 0.321 e. The third-order valence-electron chi connectivity index (χ3n) is 5.45. The average Bonchev–Trinajstić information content (AvgIpc) is 3.15. The van der Waals surface area contributed by atoms with Crippen LogP contribution < -0.4 is 4.90 Å². The second-order valence-corrected chi connectivity index (χ2v) is 7.37. The number of esters is 1. The predicted molar refractivity (Wildman–Crippen MR) is 115 cm³/mol. The van der Waals surface area contributed by atoms with E-state index in [1.54, 1.807) is 43.2 Å². The number of phenolic OH excluding ortho intramolecular Hbond substituents is 1. The summed E-state index contributed by atoms with van der Waals surface area (Å²) in [6, 6.07) is 13.5. The third kappa shape index (κ3) is 3.74. The van der Waals surface area contributed by atoms with Crippen molar-refractivity contribution in [2.24, 2.45) is 5.92 Å². The van der Waals surface area contributed by atoms with Crippen molar-refractivity contribution in [3.05, 3.63) is 54.1 Å². The molecule has 0 saturated carbocycles. The van der Waals surface area contributed by atoms with Crippen LogP contribution >= 0.6 is 0 Å². The number of nitrogens with zero attached hydrogens (tertiary/aromatic N) is 3. The van der Waals surface area contributed by atoms with Crippen molar-refractivity contribution in [2.45, 2.75) is 19.4 Å². The standard InChI is InChI=1S/C23H25N3O5/c1-3-31-22(29)19-20(15-9-11-16(27)12-10-15)26-18-8-5-4-7-17(18)24-23(26)25(21(19)28)13-6-14-30-2/h4-5,7-12,19-20,27H,3,6,13-14H2,1-2H3. The largest absolute Gasteiger partial charge is 0.508 e. The molecule has 0 fully saturated rings. The lowest BCUT2D eigenvalue weighted by Crippen LogP contribution is -2.50. The van der Waals surface area contributed by atoms with Gasteiger partial charge in [0.15, 0.2) is 5.92 Å². The van der Waals surface area contributed by atoms with Gasteiger partial charge in [-0.05, 0) is 43.2 Å². The van der Waals surface area contributed by atoms with Gasteiger partial charge < -0.3 is 19.1 Å². The van der Waals surface area contributed by atoms with Gasteiger partial charge in [0.05, 0.1) is 23.7 Å². The molecular formula is C23H25N3O5. The maximum absolute atomic E-state index is 13.6. The first-order valence-corrected chi connectivity index (χ1v) is 10.3. The normalized spacial score (nSPS) is 18.3.